The molecular formula is C19H16ClFN2O. The van der Waals surface area contributed by atoms with E-state index in [4.69, 9.17) is 11.6 Å². The van der Waals surface area contributed by atoms with Gasteiger partial charge in [0.15, 0.2) is 0 Å². The largest absolute Gasteiger partial charge is 0.358 e. The van der Waals surface area contributed by atoms with Crippen LogP contribution in [-0.2, 0) is 10.2 Å². The number of aromatic amines is 1. The van der Waals surface area contributed by atoms with Crippen molar-refractivity contribution in [2.24, 2.45) is 0 Å². The minimum absolute atomic E-state index is 0.000853. The summed E-state index contributed by atoms with van der Waals surface area (Å²) >= 11 is 5.80. The van der Waals surface area contributed by atoms with E-state index in [1.54, 1.807) is 0 Å². The Morgan fingerprint density at radius 1 is 1.25 bits per heavy atom. The van der Waals surface area contributed by atoms with Crippen LogP contribution < -0.4 is 5.32 Å². The first-order valence-electron chi connectivity index (χ1n) is 7.85. The normalized spacial score (nSPS) is 15.5. The molecule has 4 rings (SSSR count). The zero-order valence-electron chi connectivity index (χ0n) is 13.1. The summed E-state index contributed by atoms with van der Waals surface area (Å²) in [6, 6.07) is 12.2. The zero-order chi connectivity index (χ0) is 16.9. The third-order valence-electron chi connectivity index (χ3n) is 4.73. The van der Waals surface area contributed by atoms with Gasteiger partial charge in [-0.2, -0.15) is 0 Å². The number of hydrogen-bond acceptors (Lipinski definition) is 1. The molecule has 0 saturated heterocycles. The highest BCUT2D eigenvalue weighted by atomic mass is 35.5. The molecular weight excluding hydrogens is 327 g/mol. The lowest BCUT2D eigenvalue weighted by atomic mass is 9.92. The van der Waals surface area contributed by atoms with Gasteiger partial charge >= 0.3 is 0 Å². The Morgan fingerprint density at radius 2 is 2.00 bits per heavy atom. The maximum atomic E-state index is 13.3. The first-order chi connectivity index (χ1) is 11.5. The Kier molecular flexibility index (Phi) is 3.39. The highest BCUT2D eigenvalue weighted by Crippen LogP contribution is 2.52. The number of halogens is 2. The molecule has 2 N–H and O–H groups in total. The van der Waals surface area contributed by atoms with Gasteiger partial charge in [-0.1, -0.05) is 29.8 Å². The number of fused-ring (bicyclic) bond motifs is 1. The fourth-order valence-electron chi connectivity index (χ4n) is 3.43. The highest BCUT2D eigenvalue weighted by Gasteiger charge is 2.53. The van der Waals surface area contributed by atoms with Crippen molar-refractivity contribution in [2.75, 3.05) is 5.32 Å². The molecule has 0 unspecified atom stereocenters. The number of aromatic nitrogens is 1. The number of carbonyl (C=O) groups is 1. The third kappa shape index (κ3) is 2.29. The molecule has 0 aliphatic heterocycles. The minimum atomic E-state index is -0.523. The Morgan fingerprint density at radius 3 is 2.71 bits per heavy atom. The molecule has 1 amide bonds. The van der Waals surface area contributed by atoms with E-state index in [-0.39, 0.29) is 10.9 Å². The van der Waals surface area contributed by atoms with E-state index in [0.717, 1.165) is 35.0 Å². The second-order valence-electron chi connectivity index (χ2n) is 6.34. The van der Waals surface area contributed by atoms with Gasteiger partial charge < -0.3 is 10.3 Å². The van der Waals surface area contributed by atoms with Crippen LogP contribution in [0.5, 0.6) is 0 Å². The number of nitrogens with one attached hydrogen (secondary N) is 2. The van der Waals surface area contributed by atoms with Crippen molar-refractivity contribution < 1.29 is 9.18 Å². The average molecular weight is 343 g/mol. The number of carbonyl (C=O) groups excluding carboxylic acids is 1. The van der Waals surface area contributed by atoms with Gasteiger partial charge in [0.2, 0.25) is 5.91 Å². The van der Waals surface area contributed by atoms with E-state index >= 15 is 0 Å². The van der Waals surface area contributed by atoms with E-state index in [0.29, 0.717) is 5.69 Å². The Hall–Kier alpha value is -2.33. The van der Waals surface area contributed by atoms with Crippen molar-refractivity contribution in [1.29, 1.82) is 0 Å². The van der Waals surface area contributed by atoms with Crippen LogP contribution in [0.2, 0.25) is 5.02 Å². The molecule has 1 saturated carbocycles. The van der Waals surface area contributed by atoms with Crippen molar-refractivity contribution in [2.45, 2.75) is 25.2 Å². The summed E-state index contributed by atoms with van der Waals surface area (Å²) in [5.74, 6) is -0.568. The van der Waals surface area contributed by atoms with Crippen molar-refractivity contribution in [3.8, 4) is 0 Å². The molecule has 122 valence electrons. The zero-order valence-corrected chi connectivity index (χ0v) is 13.9. The fraction of sp³-hybridized carbons (Fsp3) is 0.211. The summed E-state index contributed by atoms with van der Waals surface area (Å²) in [6.45, 7) is 2.00. The second kappa shape index (κ2) is 5.35. The summed E-state index contributed by atoms with van der Waals surface area (Å²) < 4.78 is 13.3. The minimum Gasteiger partial charge on any atom is -0.358 e. The lowest BCUT2D eigenvalue weighted by Crippen LogP contribution is -2.28. The van der Waals surface area contributed by atoms with Crippen molar-refractivity contribution in [1.82, 2.24) is 4.98 Å². The summed E-state index contributed by atoms with van der Waals surface area (Å²) in [7, 11) is 0. The van der Waals surface area contributed by atoms with Gasteiger partial charge in [0, 0.05) is 22.3 Å². The van der Waals surface area contributed by atoms with Crippen LogP contribution >= 0.6 is 11.6 Å². The molecule has 3 nitrogen and oxygen atoms in total. The average Bonchev–Trinajstić information content (AvgIpc) is 3.28. The molecule has 3 aromatic rings. The lowest BCUT2D eigenvalue weighted by Gasteiger charge is -2.16. The van der Waals surface area contributed by atoms with E-state index in [1.165, 1.54) is 18.2 Å². The van der Waals surface area contributed by atoms with Crippen LogP contribution in [0.15, 0.2) is 42.5 Å². The Labute approximate surface area is 143 Å². The van der Waals surface area contributed by atoms with Crippen LogP contribution in [0.1, 0.15) is 24.1 Å². The third-order valence-corrected chi connectivity index (χ3v) is 5.02. The summed E-state index contributed by atoms with van der Waals surface area (Å²) in [5, 5.41) is 3.97. The van der Waals surface area contributed by atoms with Crippen LogP contribution in [-0.4, -0.2) is 10.9 Å². The monoisotopic (exact) mass is 342 g/mol. The second-order valence-corrected chi connectivity index (χ2v) is 6.74. The summed E-state index contributed by atoms with van der Waals surface area (Å²) in [4.78, 5) is 16.3. The van der Waals surface area contributed by atoms with Crippen molar-refractivity contribution in [3.63, 3.8) is 0 Å². The molecule has 0 atom stereocenters. The van der Waals surface area contributed by atoms with Gasteiger partial charge in [0.1, 0.15) is 5.82 Å². The number of H-pyrrole nitrogens is 1. The molecule has 2 aromatic carbocycles. The fourth-order valence-corrected chi connectivity index (χ4v) is 3.61. The van der Waals surface area contributed by atoms with Gasteiger partial charge in [-0.25, -0.2) is 4.39 Å². The van der Waals surface area contributed by atoms with Crippen LogP contribution in [0.25, 0.3) is 10.9 Å². The summed E-state index contributed by atoms with van der Waals surface area (Å²) in [6.07, 6.45) is 1.60. The van der Waals surface area contributed by atoms with Crippen molar-refractivity contribution >= 4 is 34.1 Å². The van der Waals surface area contributed by atoms with Crippen LogP contribution in [0.4, 0.5) is 10.1 Å². The lowest BCUT2D eigenvalue weighted by molar-refractivity contribution is -0.118. The quantitative estimate of drug-likeness (QED) is 0.695. The molecule has 0 spiro atoms. The van der Waals surface area contributed by atoms with Crippen LogP contribution in [0, 0.1) is 12.7 Å². The molecule has 1 aliphatic rings. The van der Waals surface area contributed by atoms with Gasteiger partial charge in [-0.05, 0) is 49.6 Å². The molecule has 0 radical (unpaired) electrons. The smallest absolute Gasteiger partial charge is 0.235 e. The first kappa shape index (κ1) is 15.2. The molecule has 5 heteroatoms. The van der Waals surface area contributed by atoms with Gasteiger partial charge in [-0.3, -0.25) is 4.79 Å². The molecule has 1 fully saturated rings. The topological polar surface area (TPSA) is 44.9 Å². The maximum absolute atomic E-state index is 13.3. The number of benzene rings is 2. The van der Waals surface area contributed by atoms with Crippen molar-refractivity contribution in [3.05, 3.63) is 64.6 Å². The van der Waals surface area contributed by atoms with E-state index in [1.807, 2.05) is 31.2 Å². The Bertz CT molecular complexity index is 959. The van der Waals surface area contributed by atoms with Gasteiger partial charge in [-0.15, -0.1) is 0 Å². The number of hydrogen-bond donors (Lipinski definition) is 2. The molecule has 1 aliphatic carbocycles. The van der Waals surface area contributed by atoms with E-state index in [2.05, 4.69) is 10.3 Å². The Balaban J connectivity index is 1.70. The molecule has 0 bridgehead atoms. The standard InChI is InChI=1S/C19H16ClFN2O/c1-11-17(13-4-2-3-5-16(13)22-11)19(8-9-19)18(24)23-12-6-7-15(21)14(20)10-12/h2-7,10,22H,8-9H2,1H3,(H,23,24). The molecule has 24 heavy (non-hydrogen) atoms. The maximum Gasteiger partial charge on any atom is 0.235 e. The SMILES string of the molecule is Cc1[nH]c2ccccc2c1C1(C(=O)Nc2ccc(F)c(Cl)c2)CC1. The highest BCUT2D eigenvalue weighted by molar-refractivity contribution is 6.31. The van der Waals surface area contributed by atoms with E-state index in [9.17, 15) is 9.18 Å². The summed E-state index contributed by atoms with van der Waals surface area (Å²) in [5.41, 5.74) is 3.10. The van der Waals surface area contributed by atoms with Gasteiger partial charge in [0.05, 0.1) is 10.4 Å². The predicted molar refractivity (Wildman–Crippen MR) is 94.0 cm³/mol. The molecule has 1 aromatic heterocycles. The number of anilines is 1. The van der Waals surface area contributed by atoms with Gasteiger partial charge in [0.25, 0.3) is 0 Å². The number of rotatable bonds is 3. The number of aryl methyl sites for hydroxylation is 1. The first-order valence-corrected chi connectivity index (χ1v) is 8.23. The van der Waals surface area contributed by atoms with Crippen LogP contribution in [0.3, 0.4) is 0 Å². The molecule has 1 heterocycles. The predicted octanol–water partition coefficient (Wildman–Crippen LogP) is 4.94. The van der Waals surface area contributed by atoms with E-state index < -0.39 is 11.2 Å². The number of para-hydroxylation sites is 1. The number of amides is 1.